The van der Waals surface area contributed by atoms with Gasteiger partial charge in [-0.1, -0.05) is 24.3 Å². The quantitative estimate of drug-likeness (QED) is 0.167. The highest BCUT2D eigenvalue weighted by Crippen LogP contribution is 2.35. The first-order valence-corrected chi connectivity index (χ1v) is 15.9. The number of H-pyrrole nitrogens is 2. The van der Waals surface area contributed by atoms with Crippen LogP contribution in [-0.2, 0) is 23.6 Å². The summed E-state index contributed by atoms with van der Waals surface area (Å²) in [6, 6.07) is 15.6. The predicted molar refractivity (Wildman–Crippen MR) is 175 cm³/mol. The van der Waals surface area contributed by atoms with Crippen LogP contribution in [-0.4, -0.2) is 51.1 Å². The van der Waals surface area contributed by atoms with Gasteiger partial charge in [0.1, 0.15) is 34.9 Å². The van der Waals surface area contributed by atoms with Gasteiger partial charge in [-0.05, 0) is 48.5 Å². The Kier molecular flexibility index (Phi) is 10.7. The molecule has 0 spiro atoms. The van der Waals surface area contributed by atoms with Crippen molar-refractivity contribution >= 4 is 0 Å². The first-order valence-electron chi connectivity index (χ1n) is 15.9. The highest BCUT2D eigenvalue weighted by Gasteiger charge is 2.32. The molecule has 1 aliphatic heterocycles. The van der Waals surface area contributed by atoms with Gasteiger partial charge in [-0.25, -0.2) is 27.5 Å². The number of aromatic nitrogens is 4. The number of hydrogen-bond acceptors (Lipinski definition) is 4. The van der Waals surface area contributed by atoms with E-state index in [9.17, 15) is 43.9 Å². The molecule has 0 unspecified atom stereocenters. The van der Waals surface area contributed by atoms with Gasteiger partial charge in [0.15, 0.2) is 0 Å². The van der Waals surface area contributed by atoms with Crippen LogP contribution >= 0.6 is 0 Å². The lowest BCUT2D eigenvalue weighted by atomic mass is 10.1. The maximum atomic E-state index is 14.5. The molecule has 0 amide bonds. The molecule has 0 bridgehead atoms. The molecular formula is C37H27F10N5O. The van der Waals surface area contributed by atoms with Crippen molar-refractivity contribution in [3.8, 4) is 45.3 Å². The molecule has 0 aliphatic carbocycles. The number of nitrogens with zero attached hydrogens (tertiary/aromatic N) is 3. The summed E-state index contributed by atoms with van der Waals surface area (Å²) in [5, 5.41) is 0. The molecule has 3 heterocycles. The molecule has 6 aromatic rings. The Balaban J connectivity index is 0.000000188. The largest absolute Gasteiger partial charge is 0.416 e. The van der Waals surface area contributed by atoms with E-state index in [1.165, 1.54) is 42.6 Å². The number of imidazole rings is 2. The van der Waals surface area contributed by atoms with Gasteiger partial charge in [-0.15, -0.1) is 0 Å². The summed E-state index contributed by atoms with van der Waals surface area (Å²) in [5.74, 6) is -2.68. The van der Waals surface area contributed by atoms with Gasteiger partial charge in [0.25, 0.3) is 0 Å². The van der Waals surface area contributed by atoms with Gasteiger partial charge in [-0.3, -0.25) is 4.90 Å². The summed E-state index contributed by atoms with van der Waals surface area (Å²) < 4.78 is 137. The molecule has 4 aromatic carbocycles. The van der Waals surface area contributed by atoms with Gasteiger partial charge in [-0.2, -0.15) is 26.3 Å². The van der Waals surface area contributed by atoms with Gasteiger partial charge < -0.3 is 14.7 Å². The van der Waals surface area contributed by atoms with E-state index in [1.54, 1.807) is 0 Å². The Morgan fingerprint density at radius 1 is 0.642 bits per heavy atom. The van der Waals surface area contributed by atoms with Crippen LogP contribution in [0.4, 0.5) is 43.9 Å². The smallest absolute Gasteiger partial charge is 0.379 e. The summed E-state index contributed by atoms with van der Waals surface area (Å²) >= 11 is 0. The minimum Gasteiger partial charge on any atom is -0.379 e. The van der Waals surface area contributed by atoms with Crippen molar-refractivity contribution in [2.24, 2.45) is 0 Å². The Bertz CT molecular complexity index is 2200. The zero-order valence-electron chi connectivity index (χ0n) is 27.2. The highest BCUT2D eigenvalue weighted by molar-refractivity contribution is 5.69. The molecule has 0 atom stereocenters. The molecule has 2 N–H and O–H groups in total. The Hall–Kier alpha value is -5.48. The average Bonchev–Trinajstić information content (AvgIpc) is 3.77. The SMILES string of the molecule is Fc1ccc(-c2cnc(-c3cccc(C(F)(F)F)c3)[nH]2)c(F)c1.Fc1ccc(-c2nc(-c3cccc(C(F)(F)F)c3)[nH]c2CN2CCOCC2)c(F)c1. The van der Waals surface area contributed by atoms with Crippen LogP contribution in [0.5, 0.6) is 0 Å². The molecule has 276 valence electrons. The topological polar surface area (TPSA) is 69.8 Å². The fourth-order valence-electron chi connectivity index (χ4n) is 5.55. The zero-order valence-corrected chi connectivity index (χ0v) is 27.2. The zero-order chi connectivity index (χ0) is 37.9. The maximum Gasteiger partial charge on any atom is 0.416 e. The van der Waals surface area contributed by atoms with Crippen LogP contribution in [0, 0.1) is 23.3 Å². The summed E-state index contributed by atoms with van der Waals surface area (Å²) in [6.07, 6.45) is -7.68. The third kappa shape index (κ3) is 8.95. The third-order valence-electron chi connectivity index (χ3n) is 8.17. The second-order valence-corrected chi connectivity index (χ2v) is 11.9. The van der Waals surface area contributed by atoms with Crippen LogP contribution in [0.1, 0.15) is 16.8 Å². The normalized spacial score (nSPS) is 13.8. The molecule has 0 radical (unpaired) electrons. The van der Waals surface area contributed by atoms with Crippen molar-refractivity contribution in [3.63, 3.8) is 0 Å². The van der Waals surface area contributed by atoms with Crippen molar-refractivity contribution in [3.05, 3.63) is 131 Å². The molecule has 7 rings (SSSR count). The van der Waals surface area contributed by atoms with E-state index in [4.69, 9.17) is 4.74 Å². The van der Waals surface area contributed by atoms with E-state index >= 15 is 0 Å². The standard InChI is InChI=1S/C21H18F5N3O.C16H9F5N2/c22-15-4-5-16(17(23)11-15)19-18(12-29-6-8-30-9-7-29)27-20(28-19)13-2-1-3-14(10-13)21(24,25)26;17-11-4-5-12(13(18)7-11)14-8-22-15(23-14)9-2-1-3-10(6-9)16(19,20)21/h1-5,10-11H,6-9,12H2,(H,27,28);1-8H,(H,22,23). The van der Waals surface area contributed by atoms with Crippen LogP contribution in [0.3, 0.4) is 0 Å². The fraction of sp³-hybridized carbons (Fsp3) is 0.189. The van der Waals surface area contributed by atoms with Gasteiger partial charge >= 0.3 is 12.4 Å². The number of hydrogen-bond donors (Lipinski definition) is 2. The summed E-state index contributed by atoms with van der Waals surface area (Å²) in [4.78, 5) is 16.2. The van der Waals surface area contributed by atoms with Crippen molar-refractivity contribution in [2.45, 2.75) is 18.9 Å². The van der Waals surface area contributed by atoms with Gasteiger partial charge in [0, 0.05) is 54.0 Å². The molecule has 53 heavy (non-hydrogen) atoms. The van der Waals surface area contributed by atoms with Crippen molar-refractivity contribution in [1.29, 1.82) is 0 Å². The minimum atomic E-state index is -4.49. The highest BCUT2D eigenvalue weighted by atomic mass is 19.4. The molecule has 0 saturated carbocycles. The van der Waals surface area contributed by atoms with E-state index in [0.29, 0.717) is 38.5 Å². The lowest BCUT2D eigenvalue weighted by Crippen LogP contribution is -2.35. The number of nitrogens with one attached hydrogen (secondary N) is 2. The second kappa shape index (κ2) is 15.2. The van der Waals surface area contributed by atoms with Crippen molar-refractivity contribution < 1.29 is 48.6 Å². The molecule has 1 fully saturated rings. The van der Waals surface area contributed by atoms with Crippen LogP contribution in [0.25, 0.3) is 45.3 Å². The number of alkyl halides is 6. The third-order valence-corrected chi connectivity index (χ3v) is 8.17. The number of aromatic amines is 2. The summed E-state index contributed by atoms with van der Waals surface area (Å²) in [5.41, 5.74) is 0.0133. The van der Waals surface area contributed by atoms with E-state index in [-0.39, 0.29) is 45.3 Å². The Morgan fingerprint density at radius 2 is 1.19 bits per heavy atom. The van der Waals surface area contributed by atoms with E-state index in [1.807, 2.05) is 0 Å². The summed E-state index contributed by atoms with van der Waals surface area (Å²) in [6.45, 7) is 2.79. The monoisotopic (exact) mass is 747 g/mol. The molecule has 1 saturated heterocycles. The van der Waals surface area contributed by atoms with E-state index < -0.39 is 46.7 Å². The fourth-order valence-corrected chi connectivity index (χ4v) is 5.55. The van der Waals surface area contributed by atoms with Gasteiger partial charge in [0.05, 0.1) is 47.6 Å². The van der Waals surface area contributed by atoms with Crippen LogP contribution in [0.15, 0.2) is 91.1 Å². The molecule has 1 aliphatic rings. The number of halogens is 10. The summed E-state index contributed by atoms with van der Waals surface area (Å²) in [7, 11) is 0. The number of benzene rings is 4. The van der Waals surface area contributed by atoms with Crippen molar-refractivity contribution in [1.82, 2.24) is 24.8 Å². The van der Waals surface area contributed by atoms with Crippen LogP contribution < -0.4 is 0 Å². The first kappa shape index (κ1) is 37.3. The number of rotatable bonds is 6. The Labute approximate surface area is 295 Å². The maximum absolute atomic E-state index is 14.5. The molecule has 16 heteroatoms. The molecule has 6 nitrogen and oxygen atoms in total. The molecule has 2 aromatic heterocycles. The lowest BCUT2D eigenvalue weighted by Gasteiger charge is -2.26. The molecular weight excluding hydrogens is 720 g/mol. The second-order valence-electron chi connectivity index (χ2n) is 11.9. The van der Waals surface area contributed by atoms with Gasteiger partial charge in [0.2, 0.25) is 0 Å². The average molecular weight is 748 g/mol. The van der Waals surface area contributed by atoms with Crippen LogP contribution in [0.2, 0.25) is 0 Å². The first-order chi connectivity index (χ1) is 25.2. The predicted octanol–water partition coefficient (Wildman–Crippen LogP) is 9.91. The minimum absolute atomic E-state index is 0.0779. The lowest BCUT2D eigenvalue weighted by molar-refractivity contribution is -0.138. The number of morpholine rings is 1. The number of ether oxygens (including phenoxy) is 1. The van der Waals surface area contributed by atoms with E-state index in [2.05, 4.69) is 24.8 Å². The van der Waals surface area contributed by atoms with E-state index in [0.717, 1.165) is 48.5 Å². The Morgan fingerprint density at radius 3 is 1.74 bits per heavy atom. The van der Waals surface area contributed by atoms with Crippen molar-refractivity contribution in [2.75, 3.05) is 26.3 Å².